The third-order valence-corrected chi connectivity index (χ3v) is 3.31. The molecule has 0 radical (unpaired) electrons. The molecule has 0 spiro atoms. The quantitative estimate of drug-likeness (QED) is 0.908. The van der Waals surface area contributed by atoms with Gasteiger partial charge in [-0.05, 0) is 25.7 Å². The minimum atomic E-state index is 0.526. The Balaban J connectivity index is 2.33. The molecule has 2 aromatic rings. The summed E-state index contributed by atoms with van der Waals surface area (Å²) in [5, 5.41) is 0.650. The lowest BCUT2D eigenvalue weighted by molar-refractivity contribution is 0.338. The van der Waals surface area contributed by atoms with E-state index >= 15 is 0 Å². The summed E-state index contributed by atoms with van der Waals surface area (Å²) in [5.41, 5.74) is 7.71. The van der Waals surface area contributed by atoms with E-state index in [-0.39, 0.29) is 0 Å². The predicted molar refractivity (Wildman–Crippen MR) is 72.3 cm³/mol. The van der Waals surface area contributed by atoms with Crippen molar-refractivity contribution in [1.82, 2.24) is 14.5 Å². The number of nitrogen functional groups attached to an aromatic ring is 1. The number of likely N-dealkylation sites (N-methyl/N-ethyl adjacent to an activating group) is 1. The van der Waals surface area contributed by atoms with E-state index in [0.717, 1.165) is 30.7 Å². The highest BCUT2D eigenvalue weighted by atomic mass is 35.5. The first-order chi connectivity index (χ1) is 8.13. The second-order valence-corrected chi connectivity index (χ2v) is 4.53. The molecular weight excluding hydrogens is 236 g/mol. The number of aromatic nitrogens is 2. The van der Waals surface area contributed by atoms with Crippen molar-refractivity contribution in [3.05, 3.63) is 23.2 Å². The second-order valence-electron chi connectivity index (χ2n) is 4.13. The molecule has 0 aliphatic heterocycles. The highest BCUT2D eigenvalue weighted by Gasteiger charge is 2.10. The van der Waals surface area contributed by atoms with Crippen LogP contribution in [0.4, 0.5) is 5.95 Å². The number of imidazole rings is 1. The van der Waals surface area contributed by atoms with Crippen LogP contribution in [0.15, 0.2) is 18.2 Å². The van der Waals surface area contributed by atoms with Crippen LogP contribution in [-0.2, 0) is 6.54 Å². The number of hydrogen-bond donors (Lipinski definition) is 1. The minimum absolute atomic E-state index is 0.526. The summed E-state index contributed by atoms with van der Waals surface area (Å²) in [6.07, 6.45) is 0. The maximum atomic E-state index is 6.09. The molecule has 92 valence electrons. The zero-order chi connectivity index (χ0) is 12.4. The fraction of sp³-hybridized carbons (Fsp3) is 0.417. The molecule has 0 unspecified atom stereocenters. The minimum Gasteiger partial charge on any atom is -0.369 e. The van der Waals surface area contributed by atoms with Crippen molar-refractivity contribution in [3.8, 4) is 0 Å². The summed E-state index contributed by atoms with van der Waals surface area (Å²) in [6, 6.07) is 5.75. The lowest BCUT2D eigenvalue weighted by Gasteiger charge is -2.14. The molecule has 5 heteroatoms. The van der Waals surface area contributed by atoms with E-state index in [9.17, 15) is 0 Å². The molecular formula is C12H17ClN4. The van der Waals surface area contributed by atoms with Gasteiger partial charge < -0.3 is 15.2 Å². The molecule has 0 saturated heterocycles. The van der Waals surface area contributed by atoms with Crippen LogP contribution in [-0.4, -0.2) is 34.6 Å². The summed E-state index contributed by atoms with van der Waals surface area (Å²) < 4.78 is 2.01. The predicted octanol–water partition coefficient (Wildman–Crippen LogP) is 2.22. The summed E-state index contributed by atoms with van der Waals surface area (Å²) in [4.78, 5) is 6.54. The number of hydrogen-bond acceptors (Lipinski definition) is 3. The molecule has 1 heterocycles. The van der Waals surface area contributed by atoms with Crippen LogP contribution < -0.4 is 5.73 Å². The standard InChI is InChI=1S/C12H17ClN4/c1-3-16(2)7-8-17-10-6-4-5-9(13)11(10)15-12(17)14/h4-6H,3,7-8H2,1-2H3,(H2,14,15). The molecule has 0 fully saturated rings. The van der Waals surface area contributed by atoms with E-state index in [1.807, 2.05) is 22.8 Å². The molecule has 17 heavy (non-hydrogen) atoms. The Hall–Kier alpha value is -1.26. The van der Waals surface area contributed by atoms with Crippen LogP contribution in [0, 0.1) is 0 Å². The molecule has 0 saturated carbocycles. The molecule has 0 amide bonds. The Kier molecular flexibility index (Phi) is 3.54. The van der Waals surface area contributed by atoms with Crippen LogP contribution in [0.2, 0.25) is 5.02 Å². The van der Waals surface area contributed by atoms with Crippen molar-refractivity contribution in [1.29, 1.82) is 0 Å². The van der Waals surface area contributed by atoms with Crippen molar-refractivity contribution in [2.45, 2.75) is 13.5 Å². The topological polar surface area (TPSA) is 47.1 Å². The van der Waals surface area contributed by atoms with E-state index in [2.05, 4.69) is 23.9 Å². The van der Waals surface area contributed by atoms with Gasteiger partial charge in [0.1, 0.15) is 5.52 Å². The van der Waals surface area contributed by atoms with E-state index in [0.29, 0.717) is 11.0 Å². The Labute approximate surface area is 106 Å². The lowest BCUT2D eigenvalue weighted by atomic mass is 10.3. The number of fused-ring (bicyclic) bond motifs is 1. The van der Waals surface area contributed by atoms with Gasteiger partial charge in [-0.1, -0.05) is 24.6 Å². The van der Waals surface area contributed by atoms with Crippen LogP contribution in [0.3, 0.4) is 0 Å². The van der Waals surface area contributed by atoms with Gasteiger partial charge in [0, 0.05) is 13.1 Å². The summed E-state index contributed by atoms with van der Waals surface area (Å²) in [6.45, 7) is 4.92. The van der Waals surface area contributed by atoms with Crippen LogP contribution in [0.1, 0.15) is 6.92 Å². The summed E-state index contributed by atoms with van der Waals surface area (Å²) in [5.74, 6) is 0.526. The molecule has 0 atom stereocenters. The maximum Gasteiger partial charge on any atom is 0.201 e. The van der Waals surface area contributed by atoms with Gasteiger partial charge in [0.05, 0.1) is 10.5 Å². The fourth-order valence-electron chi connectivity index (χ4n) is 1.79. The van der Waals surface area contributed by atoms with Gasteiger partial charge in [-0.25, -0.2) is 4.98 Å². The number of anilines is 1. The van der Waals surface area contributed by atoms with E-state index in [1.54, 1.807) is 0 Å². The fourth-order valence-corrected chi connectivity index (χ4v) is 2.01. The Morgan fingerprint density at radius 3 is 2.94 bits per heavy atom. The smallest absolute Gasteiger partial charge is 0.201 e. The van der Waals surface area contributed by atoms with Gasteiger partial charge in [0.15, 0.2) is 0 Å². The van der Waals surface area contributed by atoms with Crippen LogP contribution in [0.5, 0.6) is 0 Å². The van der Waals surface area contributed by atoms with Gasteiger partial charge in [-0.15, -0.1) is 0 Å². The normalized spacial score (nSPS) is 11.5. The highest BCUT2D eigenvalue weighted by molar-refractivity contribution is 6.35. The average molecular weight is 253 g/mol. The zero-order valence-corrected chi connectivity index (χ0v) is 10.9. The molecule has 0 bridgehead atoms. The number of halogens is 1. The Bertz CT molecular complexity index is 520. The first-order valence-electron chi connectivity index (χ1n) is 5.72. The van der Waals surface area contributed by atoms with Gasteiger partial charge in [-0.3, -0.25) is 0 Å². The van der Waals surface area contributed by atoms with Crippen molar-refractivity contribution in [3.63, 3.8) is 0 Å². The van der Waals surface area contributed by atoms with Crippen molar-refractivity contribution in [2.75, 3.05) is 25.9 Å². The van der Waals surface area contributed by atoms with Crippen LogP contribution >= 0.6 is 11.6 Å². The van der Waals surface area contributed by atoms with Crippen molar-refractivity contribution >= 4 is 28.6 Å². The zero-order valence-electron chi connectivity index (χ0n) is 10.2. The third-order valence-electron chi connectivity index (χ3n) is 3.00. The molecule has 1 aromatic carbocycles. The van der Waals surface area contributed by atoms with Crippen molar-refractivity contribution in [2.24, 2.45) is 0 Å². The Morgan fingerprint density at radius 2 is 2.24 bits per heavy atom. The lowest BCUT2D eigenvalue weighted by Crippen LogP contribution is -2.23. The molecule has 0 aliphatic rings. The monoisotopic (exact) mass is 252 g/mol. The summed E-state index contributed by atoms with van der Waals surface area (Å²) in [7, 11) is 2.09. The van der Waals surface area contributed by atoms with E-state index in [1.165, 1.54) is 0 Å². The molecule has 1 aromatic heterocycles. The molecule has 0 aliphatic carbocycles. The number of nitrogens with zero attached hydrogens (tertiary/aromatic N) is 3. The molecule has 2 rings (SSSR count). The second kappa shape index (κ2) is 4.94. The van der Waals surface area contributed by atoms with E-state index < -0.39 is 0 Å². The third kappa shape index (κ3) is 2.37. The summed E-state index contributed by atoms with van der Waals surface area (Å²) >= 11 is 6.09. The maximum absolute atomic E-state index is 6.09. The SMILES string of the molecule is CCN(C)CCn1c(N)nc2c(Cl)cccc21. The van der Waals surface area contributed by atoms with E-state index in [4.69, 9.17) is 17.3 Å². The number of benzene rings is 1. The van der Waals surface area contributed by atoms with Gasteiger partial charge in [0.25, 0.3) is 0 Å². The van der Waals surface area contributed by atoms with Crippen molar-refractivity contribution < 1.29 is 0 Å². The molecule has 2 N–H and O–H groups in total. The largest absolute Gasteiger partial charge is 0.369 e. The number of rotatable bonds is 4. The molecule has 4 nitrogen and oxygen atoms in total. The first kappa shape index (κ1) is 12.2. The van der Waals surface area contributed by atoms with Crippen LogP contribution in [0.25, 0.3) is 11.0 Å². The van der Waals surface area contributed by atoms with Gasteiger partial charge in [0.2, 0.25) is 5.95 Å². The first-order valence-corrected chi connectivity index (χ1v) is 6.10. The van der Waals surface area contributed by atoms with Gasteiger partial charge in [-0.2, -0.15) is 0 Å². The number of nitrogens with two attached hydrogens (primary N) is 1. The number of para-hydroxylation sites is 1. The average Bonchev–Trinajstić information content (AvgIpc) is 2.64. The highest BCUT2D eigenvalue weighted by Crippen LogP contribution is 2.24. The van der Waals surface area contributed by atoms with Gasteiger partial charge >= 0.3 is 0 Å². The Morgan fingerprint density at radius 1 is 1.47 bits per heavy atom.